The second-order valence-electron chi connectivity index (χ2n) is 8.27. The lowest BCUT2D eigenvalue weighted by Crippen LogP contribution is -2.33. The molecule has 1 atom stereocenters. The number of fused-ring (bicyclic) bond motifs is 1. The van der Waals surface area contributed by atoms with Gasteiger partial charge in [-0.05, 0) is 42.4 Å². The number of nitrogens with one attached hydrogen (secondary N) is 1. The van der Waals surface area contributed by atoms with Gasteiger partial charge in [0.2, 0.25) is 0 Å². The summed E-state index contributed by atoms with van der Waals surface area (Å²) in [5, 5.41) is 12.2. The fraction of sp³-hybridized carbons (Fsp3) is 0.478. The molecule has 1 aliphatic heterocycles. The molecule has 0 spiro atoms. The number of benzene rings is 1. The Bertz CT molecular complexity index is 896. The maximum atomic E-state index is 11.8. The summed E-state index contributed by atoms with van der Waals surface area (Å²) in [5.41, 5.74) is 4.69. The Morgan fingerprint density at radius 1 is 1.27 bits per heavy atom. The number of hydrogen-bond acceptors (Lipinski definition) is 4. The van der Waals surface area contributed by atoms with Gasteiger partial charge in [0.1, 0.15) is 5.69 Å². The molecular weight excluding hydrogens is 380 g/mol. The minimum absolute atomic E-state index is 0.212. The molecule has 0 bridgehead atoms. The summed E-state index contributed by atoms with van der Waals surface area (Å²) < 4.78 is 0. The molecule has 2 heterocycles. The predicted molar refractivity (Wildman–Crippen MR) is 115 cm³/mol. The number of rotatable bonds is 6. The number of carbonyl (C=O) groups is 2. The van der Waals surface area contributed by atoms with Gasteiger partial charge in [-0.1, -0.05) is 32.0 Å². The minimum Gasteiger partial charge on any atom is -0.465 e. The number of amides is 2. The van der Waals surface area contributed by atoms with Crippen LogP contribution in [0, 0.1) is 5.92 Å². The van der Waals surface area contributed by atoms with E-state index in [2.05, 4.69) is 47.3 Å². The summed E-state index contributed by atoms with van der Waals surface area (Å²) >= 11 is 0. The summed E-state index contributed by atoms with van der Waals surface area (Å²) in [6.45, 7) is 7.82. The molecular formula is C23H30N4O3. The molecule has 0 fully saturated rings. The zero-order chi connectivity index (χ0) is 21.7. The van der Waals surface area contributed by atoms with E-state index in [0.717, 1.165) is 17.7 Å². The molecule has 1 aromatic heterocycles. The lowest BCUT2D eigenvalue weighted by molar-refractivity contribution is 0.0950. The molecule has 1 unspecified atom stereocenters. The molecule has 30 heavy (non-hydrogen) atoms. The van der Waals surface area contributed by atoms with Crippen LogP contribution in [0.4, 0.5) is 4.79 Å². The highest BCUT2D eigenvalue weighted by Gasteiger charge is 2.26. The second-order valence-corrected chi connectivity index (χ2v) is 8.27. The van der Waals surface area contributed by atoms with Crippen LogP contribution < -0.4 is 5.32 Å². The van der Waals surface area contributed by atoms with Gasteiger partial charge < -0.3 is 15.3 Å². The highest BCUT2D eigenvalue weighted by Crippen LogP contribution is 2.31. The van der Waals surface area contributed by atoms with Gasteiger partial charge in [0.05, 0.1) is 11.9 Å². The fourth-order valence-electron chi connectivity index (χ4n) is 4.06. The highest BCUT2D eigenvalue weighted by atomic mass is 16.4. The normalized spacial score (nSPS) is 16.1. The Labute approximate surface area is 177 Å². The molecule has 0 aliphatic carbocycles. The standard InChI is InChI=1S/C23H30N4O3/c1-4-24-22(28)21-13-25-19(12-26-21)11-16-5-6-20-17(10-16)7-8-27(23(29)30)14-18(20)9-15(2)3/h5-6,10,12-13,15,18H,4,7-9,11,14H2,1-3H3,(H,24,28)(H,29,30). The van der Waals surface area contributed by atoms with Crippen molar-refractivity contribution >= 4 is 12.0 Å². The van der Waals surface area contributed by atoms with Crippen LogP contribution in [-0.2, 0) is 12.8 Å². The van der Waals surface area contributed by atoms with Gasteiger partial charge >= 0.3 is 6.09 Å². The highest BCUT2D eigenvalue weighted by molar-refractivity contribution is 5.91. The van der Waals surface area contributed by atoms with Gasteiger partial charge in [0.15, 0.2) is 0 Å². The third-order valence-electron chi connectivity index (χ3n) is 5.43. The molecule has 0 saturated carbocycles. The molecule has 160 valence electrons. The van der Waals surface area contributed by atoms with Crippen LogP contribution in [-0.4, -0.2) is 51.6 Å². The summed E-state index contributed by atoms with van der Waals surface area (Å²) in [6, 6.07) is 6.43. The molecule has 2 aromatic rings. The monoisotopic (exact) mass is 410 g/mol. The van der Waals surface area contributed by atoms with E-state index >= 15 is 0 Å². The van der Waals surface area contributed by atoms with Crippen LogP contribution in [0.5, 0.6) is 0 Å². The number of aromatic nitrogens is 2. The van der Waals surface area contributed by atoms with Crippen molar-refractivity contribution in [2.45, 2.75) is 46.0 Å². The van der Waals surface area contributed by atoms with Gasteiger partial charge in [0.25, 0.3) is 5.91 Å². The topological polar surface area (TPSA) is 95.4 Å². The largest absolute Gasteiger partial charge is 0.465 e. The van der Waals surface area contributed by atoms with Gasteiger partial charge in [-0.2, -0.15) is 0 Å². The van der Waals surface area contributed by atoms with Crippen molar-refractivity contribution in [3.63, 3.8) is 0 Å². The Hall–Kier alpha value is -2.96. The molecule has 7 nitrogen and oxygen atoms in total. The van der Waals surface area contributed by atoms with Crippen LogP contribution in [0.1, 0.15) is 66.0 Å². The fourth-order valence-corrected chi connectivity index (χ4v) is 4.06. The first kappa shape index (κ1) is 21.7. The lowest BCUT2D eigenvalue weighted by atomic mass is 9.86. The summed E-state index contributed by atoms with van der Waals surface area (Å²) in [6.07, 6.45) is 4.60. The van der Waals surface area contributed by atoms with E-state index in [9.17, 15) is 14.7 Å². The van der Waals surface area contributed by atoms with Crippen molar-refractivity contribution in [3.05, 3.63) is 58.7 Å². The van der Waals surface area contributed by atoms with Crippen molar-refractivity contribution in [2.75, 3.05) is 19.6 Å². The molecule has 2 amide bonds. The predicted octanol–water partition coefficient (Wildman–Crippen LogP) is 3.48. The zero-order valence-corrected chi connectivity index (χ0v) is 17.9. The van der Waals surface area contributed by atoms with Crippen LogP contribution in [0.15, 0.2) is 30.6 Å². The van der Waals surface area contributed by atoms with E-state index in [1.165, 1.54) is 22.2 Å². The summed E-state index contributed by atoms with van der Waals surface area (Å²) in [5.74, 6) is 0.486. The summed E-state index contributed by atoms with van der Waals surface area (Å²) in [4.78, 5) is 33.6. The number of carboxylic acid groups (broad SMARTS) is 1. The Balaban J connectivity index is 1.79. The molecule has 2 N–H and O–H groups in total. The third-order valence-corrected chi connectivity index (χ3v) is 5.43. The van der Waals surface area contributed by atoms with Gasteiger partial charge in [-0.3, -0.25) is 9.78 Å². The third kappa shape index (κ3) is 5.34. The van der Waals surface area contributed by atoms with Crippen molar-refractivity contribution < 1.29 is 14.7 Å². The average molecular weight is 411 g/mol. The van der Waals surface area contributed by atoms with Gasteiger partial charge in [-0.25, -0.2) is 9.78 Å². The molecule has 1 aromatic carbocycles. The number of hydrogen-bond donors (Lipinski definition) is 2. The van der Waals surface area contributed by atoms with E-state index in [-0.39, 0.29) is 11.8 Å². The first-order valence-corrected chi connectivity index (χ1v) is 10.6. The first-order valence-electron chi connectivity index (χ1n) is 10.6. The number of nitrogens with zero attached hydrogens (tertiary/aromatic N) is 3. The second kappa shape index (κ2) is 9.69. The molecule has 0 radical (unpaired) electrons. The van der Waals surface area contributed by atoms with Crippen LogP contribution in [0.25, 0.3) is 0 Å². The van der Waals surface area contributed by atoms with Crippen molar-refractivity contribution in [1.82, 2.24) is 20.2 Å². The number of carbonyl (C=O) groups excluding carboxylic acids is 1. The summed E-state index contributed by atoms with van der Waals surface area (Å²) in [7, 11) is 0. The van der Waals surface area contributed by atoms with E-state index < -0.39 is 6.09 Å². The van der Waals surface area contributed by atoms with E-state index in [0.29, 0.717) is 44.1 Å². The maximum absolute atomic E-state index is 11.8. The van der Waals surface area contributed by atoms with E-state index in [1.807, 2.05) is 6.92 Å². The molecule has 7 heteroatoms. The minimum atomic E-state index is -0.848. The Kier molecular flexibility index (Phi) is 7.03. The molecule has 1 aliphatic rings. The van der Waals surface area contributed by atoms with Gasteiger partial charge in [-0.15, -0.1) is 0 Å². The molecule has 0 saturated heterocycles. The van der Waals surface area contributed by atoms with E-state index in [1.54, 1.807) is 6.20 Å². The van der Waals surface area contributed by atoms with Crippen molar-refractivity contribution in [3.8, 4) is 0 Å². The smallest absolute Gasteiger partial charge is 0.407 e. The first-order chi connectivity index (χ1) is 14.4. The van der Waals surface area contributed by atoms with Crippen LogP contribution in [0.3, 0.4) is 0 Å². The quantitative estimate of drug-likeness (QED) is 0.760. The van der Waals surface area contributed by atoms with E-state index in [4.69, 9.17) is 0 Å². The van der Waals surface area contributed by atoms with Crippen molar-refractivity contribution in [1.29, 1.82) is 0 Å². The SMILES string of the molecule is CCNC(=O)c1cnc(Cc2ccc3c(c2)CCN(C(=O)O)CC3CC(C)C)cn1. The molecule has 3 rings (SSSR count). The zero-order valence-electron chi connectivity index (χ0n) is 17.9. The Morgan fingerprint density at radius 2 is 2.07 bits per heavy atom. The van der Waals surface area contributed by atoms with Crippen molar-refractivity contribution in [2.24, 2.45) is 5.92 Å². The van der Waals surface area contributed by atoms with Crippen LogP contribution in [0.2, 0.25) is 0 Å². The van der Waals surface area contributed by atoms with Crippen LogP contribution >= 0.6 is 0 Å². The van der Waals surface area contributed by atoms with Gasteiger partial charge in [0, 0.05) is 38.2 Å². The average Bonchev–Trinajstić information content (AvgIpc) is 2.88. The lowest BCUT2D eigenvalue weighted by Gasteiger charge is -2.24. The Morgan fingerprint density at radius 3 is 2.70 bits per heavy atom. The maximum Gasteiger partial charge on any atom is 0.407 e.